The van der Waals surface area contributed by atoms with Gasteiger partial charge in [-0.25, -0.2) is 0 Å². The molecule has 0 spiro atoms. The van der Waals surface area contributed by atoms with E-state index < -0.39 is 0 Å². The molecule has 0 saturated heterocycles. The first-order valence-corrected chi connectivity index (χ1v) is 1.71. The molecular weight excluding hydrogens is 238 g/mol. The van der Waals surface area contributed by atoms with Crippen LogP contribution in [0.2, 0.25) is 0 Å². The van der Waals surface area contributed by atoms with Crippen LogP contribution in [0.4, 0.5) is 0 Å². The second kappa shape index (κ2) is 26.3. The average Bonchev–Trinajstić information content (AvgIpc) is 1.37. The maximum absolute atomic E-state index is 3.60. The summed E-state index contributed by atoms with van der Waals surface area (Å²) in [6, 6.07) is 0. The average molecular weight is 249 g/mol. The molecule has 0 bridgehead atoms. The van der Waals surface area contributed by atoms with E-state index in [1.165, 1.54) is 6.42 Å². The van der Waals surface area contributed by atoms with Gasteiger partial charge in [-0.15, -0.1) is 0 Å². The van der Waals surface area contributed by atoms with Crippen molar-refractivity contribution in [2.24, 2.45) is 0 Å². The number of rotatable bonds is 1. The Bertz CT molecular complexity index is 16.0. The zero-order chi connectivity index (χ0) is 3.41. The summed E-state index contributed by atoms with van der Waals surface area (Å²) in [5.41, 5.74) is 0. The number of hydrogen-bond acceptors (Lipinski definition) is 0. The van der Waals surface area contributed by atoms with Crippen LogP contribution in [0.25, 0.3) is 0 Å². The quantitative estimate of drug-likeness (QED) is 0.411. The first-order chi connectivity index (χ1) is 1.91. The van der Waals surface area contributed by atoms with Crippen molar-refractivity contribution in [3.63, 3.8) is 0 Å². The van der Waals surface area contributed by atoms with E-state index >= 15 is 0 Å². The van der Waals surface area contributed by atoms with Crippen molar-refractivity contribution < 1.29 is 26.2 Å². The van der Waals surface area contributed by atoms with Crippen molar-refractivity contribution in [2.75, 3.05) is 0 Å². The minimum Gasteiger partial charge on any atom is -1.00 e. The van der Waals surface area contributed by atoms with E-state index in [4.69, 9.17) is 0 Å². The Morgan fingerprint density at radius 1 is 1.43 bits per heavy atom. The topological polar surface area (TPSA) is 0 Å². The molecule has 0 aromatic heterocycles. The van der Waals surface area contributed by atoms with Gasteiger partial charge in [-0.1, -0.05) is 26.7 Å². The third-order valence-corrected chi connectivity index (χ3v) is 0.354. The molecule has 0 aliphatic rings. The fraction of sp³-hybridized carbons (Fsp3) is 0.750. The predicted octanol–water partition coefficient (Wildman–Crippen LogP) is -4.51. The Morgan fingerprint density at radius 3 is 1.57 bits per heavy atom. The summed E-state index contributed by atoms with van der Waals surface area (Å²) in [5.74, 6) is 0. The monoisotopic (exact) mass is 249 g/mol. The molecule has 3 radical (unpaired) electrons. The van der Waals surface area contributed by atoms with Crippen LogP contribution < -0.4 is 24.8 Å². The van der Waals surface area contributed by atoms with Crippen LogP contribution in [0.1, 0.15) is 21.2 Å². The summed E-state index contributed by atoms with van der Waals surface area (Å²) >= 11 is 0. The van der Waals surface area contributed by atoms with Crippen LogP contribution in [0, 0.1) is 6.92 Å². The second-order valence-electron chi connectivity index (χ2n) is 0.854. The number of unbranched alkanes of at least 4 members (excludes halogenated alkanes) is 1. The molecule has 0 N–H and O–H groups in total. The zero-order valence-corrected chi connectivity index (χ0v) is 8.74. The molecule has 0 atom stereocenters. The molecule has 0 rings (SSSR count). The molecule has 0 heterocycles. The largest absolute Gasteiger partial charge is 2.00 e. The Labute approximate surface area is 76.7 Å². The Balaban J connectivity index is -0.00000000750. The van der Waals surface area contributed by atoms with Crippen LogP contribution in [0.5, 0.6) is 0 Å². The van der Waals surface area contributed by atoms with Crippen molar-refractivity contribution >= 4 is 23.9 Å². The molecule has 0 aromatic carbocycles. The SMILES string of the molecule is [CH2]CCC.[Cl-].[Cl-].[HH].[Sn+2]. The van der Waals surface area contributed by atoms with Crippen LogP contribution in [-0.2, 0) is 0 Å². The Morgan fingerprint density at radius 2 is 1.57 bits per heavy atom. The molecule has 0 unspecified atom stereocenters. The van der Waals surface area contributed by atoms with Gasteiger partial charge in [0.15, 0.2) is 0 Å². The van der Waals surface area contributed by atoms with Gasteiger partial charge < -0.3 is 24.8 Å². The van der Waals surface area contributed by atoms with Gasteiger partial charge in [0, 0.05) is 1.43 Å². The van der Waals surface area contributed by atoms with Crippen LogP contribution in [0.3, 0.4) is 0 Å². The van der Waals surface area contributed by atoms with E-state index in [0.717, 1.165) is 6.42 Å². The second-order valence-corrected chi connectivity index (χ2v) is 0.854. The summed E-state index contributed by atoms with van der Waals surface area (Å²) in [7, 11) is 0. The van der Waals surface area contributed by atoms with Crippen molar-refractivity contribution in [3.8, 4) is 0 Å². The molecule has 0 saturated carbocycles. The van der Waals surface area contributed by atoms with E-state index in [-0.39, 0.29) is 50.1 Å². The van der Waals surface area contributed by atoms with Gasteiger partial charge in [0.1, 0.15) is 0 Å². The Hall–Kier alpha value is 1.38. The molecule has 0 aliphatic heterocycles. The van der Waals surface area contributed by atoms with E-state index in [9.17, 15) is 0 Å². The fourth-order valence-corrected chi connectivity index (χ4v) is 0. The molecule has 45 valence electrons. The van der Waals surface area contributed by atoms with Crippen LogP contribution in [-0.4, -0.2) is 23.9 Å². The maximum Gasteiger partial charge on any atom is 2.00 e. The standard InChI is InChI=1S/C4H9.2ClH.Sn.H2/c1-3-4-2;;;;/h1,3-4H2,2H3;2*1H;;1H/q;;;+2;/p-2. The van der Waals surface area contributed by atoms with Crippen molar-refractivity contribution in [3.05, 3.63) is 6.92 Å². The van der Waals surface area contributed by atoms with Crippen molar-refractivity contribution in [1.29, 1.82) is 0 Å². The minimum absolute atomic E-state index is 0. The smallest absolute Gasteiger partial charge is 1.00 e. The summed E-state index contributed by atoms with van der Waals surface area (Å²) in [6.45, 7) is 5.72. The maximum atomic E-state index is 3.60. The van der Waals surface area contributed by atoms with Crippen molar-refractivity contribution in [2.45, 2.75) is 19.8 Å². The predicted molar refractivity (Wildman–Crippen MR) is 28.1 cm³/mol. The van der Waals surface area contributed by atoms with Gasteiger partial charge in [-0.2, -0.15) is 0 Å². The van der Waals surface area contributed by atoms with Crippen LogP contribution >= 0.6 is 0 Å². The summed E-state index contributed by atoms with van der Waals surface area (Å²) in [4.78, 5) is 0. The summed E-state index contributed by atoms with van der Waals surface area (Å²) in [5, 5.41) is 0. The van der Waals surface area contributed by atoms with Gasteiger partial charge in [-0.05, 0) is 0 Å². The minimum atomic E-state index is 0. The van der Waals surface area contributed by atoms with E-state index in [2.05, 4.69) is 13.8 Å². The Kier molecular flexibility index (Phi) is 89.4. The zero-order valence-electron chi connectivity index (χ0n) is 4.38. The van der Waals surface area contributed by atoms with Gasteiger partial charge in [0.25, 0.3) is 0 Å². The van der Waals surface area contributed by atoms with Gasteiger partial charge >= 0.3 is 23.9 Å². The molecule has 0 fully saturated rings. The van der Waals surface area contributed by atoms with Gasteiger partial charge in [0.05, 0.1) is 0 Å². The first-order valence-electron chi connectivity index (χ1n) is 1.71. The van der Waals surface area contributed by atoms with E-state index in [1.54, 1.807) is 0 Å². The van der Waals surface area contributed by atoms with E-state index in [1.807, 2.05) is 0 Å². The summed E-state index contributed by atoms with van der Waals surface area (Å²) < 4.78 is 0. The summed E-state index contributed by atoms with van der Waals surface area (Å²) in [6.07, 6.45) is 2.28. The molecule has 3 heteroatoms. The molecule has 0 aliphatic carbocycles. The molecule has 0 amide bonds. The van der Waals surface area contributed by atoms with Crippen molar-refractivity contribution in [1.82, 2.24) is 0 Å². The van der Waals surface area contributed by atoms with Crippen LogP contribution in [0.15, 0.2) is 0 Å². The third kappa shape index (κ3) is 37.7. The van der Waals surface area contributed by atoms with E-state index in [0.29, 0.717) is 0 Å². The molecule has 0 nitrogen and oxygen atoms in total. The molecular formula is C4H11Cl2Sn. The number of hydrogen-bond donors (Lipinski definition) is 0. The molecule has 0 aromatic rings. The van der Waals surface area contributed by atoms with Gasteiger partial charge in [0.2, 0.25) is 0 Å². The number of halogens is 2. The normalized spacial score (nSPS) is 4.29. The third-order valence-electron chi connectivity index (χ3n) is 0.354. The molecule has 7 heavy (non-hydrogen) atoms. The van der Waals surface area contributed by atoms with Gasteiger partial charge in [-0.3, -0.25) is 0 Å². The first kappa shape index (κ1) is 23.8. The fourth-order valence-electron chi connectivity index (χ4n) is 0.